The van der Waals surface area contributed by atoms with Gasteiger partial charge in [-0.15, -0.1) is 0 Å². The fraction of sp³-hybridized carbons (Fsp3) is 0.889. The predicted octanol–water partition coefficient (Wildman–Crippen LogP) is 7.00. The molecule has 2 saturated carbocycles. The number of hydrogen-bond donors (Lipinski definition) is 4. The van der Waals surface area contributed by atoms with Crippen molar-refractivity contribution in [2.45, 2.75) is 172 Å². The minimum absolute atomic E-state index is 0.0732. The zero-order valence-electron chi connectivity index (χ0n) is 31.2. The molecule has 0 aromatic carbocycles. The van der Waals surface area contributed by atoms with Crippen LogP contribution in [0.3, 0.4) is 0 Å². The van der Waals surface area contributed by atoms with E-state index in [0.29, 0.717) is 38.5 Å². The maximum Gasteiger partial charge on any atom is 0.327 e. The van der Waals surface area contributed by atoms with Crippen LogP contribution < -0.4 is 0 Å². The third-order valence-electron chi connectivity index (χ3n) is 10.4. The third kappa shape index (κ3) is 16.4. The topological polar surface area (TPSA) is 236 Å². The van der Waals surface area contributed by atoms with Crippen LogP contribution in [0.5, 0.6) is 0 Å². The van der Waals surface area contributed by atoms with E-state index in [4.69, 9.17) is 9.47 Å². The molecule has 0 amide bonds. The number of ether oxygens (including phenoxy) is 2. The smallest absolute Gasteiger partial charge is 0.327 e. The van der Waals surface area contributed by atoms with Crippen LogP contribution in [0.2, 0.25) is 0 Å². The lowest BCUT2D eigenvalue weighted by Gasteiger charge is -2.47. The van der Waals surface area contributed by atoms with E-state index in [1.807, 2.05) is 0 Å². The Labute approximate surface area is 310 Å². The first-order valence-corrected chi connectivity index (χ1v) is 22.3. The predicted molar refractivity (Wildman–Crippen MR) is 195 cm³/mol. The second kappa shape index (κ2) is 24.9. The molecule has 2 aliphatic carbocycles. The Kier molecular flexibility index (Phi) is 22.9. The molecule has 0 radical (unpaired) electrons. The summed E-state index contributed by atoms with van der Waals surface area (Å²) in [4.78, 5) is 47.9. The second-order valence-electron chi connectivity index (χ2n) is 14.3. The Balaban J connectivity index is 0.000000525. The van der Waals surface area contributed by atoms with Gasteiger partial charge in [-0.2, -0.15) is 16.8 Å². The molecule has 16 heteroatoms. The molecule has 0 aromatic heterocycles. The van der Waals surface area contributed by atoms with Gasteiger partial charge in [0.15, 0.2) is 10.5 Å². The summed E-state index contributed by atoms with van der Waals surface area (Å²) in [5, 5.41) is 15.4. The van der Waals surface area contributed by atoms with Crippen LogP contribution in [-0.4, -0.2) is 83.7 Å². The Hall–Kier alpha value is -2.30. The first-order chi connectivity index (χ1) is 24.5. The van der Waals surface area contributed by atoms with Gasteiger partial charge in [0, 0.05) is 0 Å². The second-order valence-corrected chi connectivity index (χ2v) is 17.4. The summed E-state index contributed by atoms with van der Waals surface area (Å²) in [6.45, 7) is 4.50. The molecule has 14 nitrogen and oxygen atoms in total. The van der Waals surface area contributed by atoms with Crippen molar-refractivity contribution in [3.05, 3.63) is 0 Å². The zero-order chi connectivity index (χ0) is 39.2. The molecule has 304 valence electrons. The summed E-state index contributed by atoms with van der Waals surface area (Å²) >= 11 is 0. The first-order valence-electron chi connectivity index (χ1n) is 19.3. The van der Waals surface area contributed by atoms with Crippen molar-refractivity contribution in [1.29, 1.82) is 0 Å². The molecule has 4 N–H and O–H groups in total. The van der Waals surface area contributed by atoms with E-state index < -0.39 is 78.3 Å². The van der Waals surface area contributed by atoms with E-state index in [9.17, 15) is 55.3 Å². The fourth-order valence-electron chi connectivity index (χ4n) is 7.70. The molecular weight excluding hydrogens is 721 g/mol. The normalized spacial score (nSPS) is 17.3. The van der Waals surface area contributed by atoms with Crippen molar-refractivity contribution in [3.63, 3.8) is 0 Å². The van der Waals surface area contributed by atoms with E-state index in [0.717, 1.165) is 96.3 Å². The number of unbranched alkanes of at least 4 members (excludes halogenated alkanes) is 10. The molecule has 0 aromatic rings. The molecule has 52 heavy (non-hydrogen) atoms. The summed E-state index contributed by atoms with van der Waals surface area (Å²) in [6, 6.07) is 0. The van der Waals surface area contributed by atoms with Crippen LogP contribution in [0, 0.1) is 17.3 Å². The van der Waals surface area contributed by atoms with Crippen molar-refractivity contribution >= 4 is 44.1 Å². The van der Waals surface area contributed by atoms with Gasteiger partial charge in [-0.05, 0) is 50.4 Å². The maximum absolute atomic E-state index is 12.4. The molecule has 0 saturated heterocycles. The Morgan fingerprint density at radius 2 is 1.02 bits per heavy atom. The van der Waals surface area contributed by atoms with Gasteiger partial charge in [0.1, 0.15) is 5.41 Å². The van der Waals surface area contributed by atoms with Gasteiger partial charge in [0.05, 0.1) is 19.6 Å². The molecule has 0 heterocycles. The molecule has 0 bridgehead atoms. The van der Waals surface area contributed by atoms with E-state index in [2.05, 4.69) is 13.8 Å². The minimum Gasteiger partial charge on any atom is -0.481 e. The molecule has 2 unspecified atom stereocenters. The van der Waals surface area contributed by atoms with Crippen LogP contribution in [0.15, 0.2) is 0 Å². The van der Waals surface area contributed by atoms with Crippen molar-refractivity contribution < 1.29 is 64.8 Å². The largest absolute Gasteiger partial charge is 0.481 e. The monoisotopic (exact) mass is 784 g/mol. The van der Waals surface area contributed by atoms with Crippen LogP contribution in [0.25, 0.3) is 0 Å². The number of aliphatic carboxylic acids is 2. The Bertz CT molecular complexity index is 1270. The van der Waals surface area contributed by atoms with Gasteiger partial charge < -0.3 is 19.7 Å². The van der Waals surface area contributed by atoms with Crippen molar-refractivity contribution in [3.8, 4) is 0 Å². The lowest BCUT2D eigenvalue weighted by molar-refractivity contribution is -0.167. The Morgan fingerprint density at radius 1 is 0.615 bits per heavy atom. The van der Waals surface area contributed by atoms with E-state index in [1.54, 1.807) is 0 Å². The van der Waals surface area contributed by atoms with Gasteiger partial charge in [0.2, 0.25) is 0 Å². The molecular formula is C36H64O14S2. The van der Waals surface area contributed by atoms with Crippen LogP contribution in [0.4, 0.5) is 0 Å². The molecule has 2 fully saturated rings. The zero-order valence-corrected chi connectivity index (χ0v) is 32.8. The van der Waals surface area contributed by atoms with Crippen molar-refractivity contribution in [2.75, 3.05) is 13.2 Å². The minimum atomic E-state index is -5.05. The van der Waals surface area contributed by atoms with Crippen molar-refractivity contribution in [2.24, 2.45) is 17.3 Å². The number of carbonyl (C=O) groups is 4. The highest BCUT2D eigenvalue weighted by Gasteiger charge is 2.63. The lowest BCUT2D eigenvalue weighted by Crippen LogP contribution is -2.59. The lowest BCUT2D eigenvalue weighted by atomic mass is 9.57. The average Bonchev–Trinajstić information content (AvgIpc) is 3.08. The summed E-state index contributed by atoms with van der Waals surface area (Å²) in [7, 11) is -9.78. The first kappa shape index (κ1) is 47.7. The van der Waals surface area contributed by atoms with Crippen LogP contribution in [-0.2, 0) is 48.9 Å². The Morgan fingerprint density at radius 3 is 1.38 bits per heavy atom. The standard InChI is InChI=1S/C20H38O7S.C16H26O7S/c1-3-5-7-9-11-13-15-26-19(21)17-18(28(23,24)25)20(22)27-16-14-12-10-8-6-4-2;17-14(18)13(24(21,22)23)16(15(19)20,11-7-3-1-4-8-11)12-9-5-2-6-10-12/h18H,3-17H2,1-2H3,(H,23,24,25);11-13H,1-10H2,(H,17,18)(H,19,20)(H,21,22,23). The number of rotatable bonds is 24. The van der Waals surface area contributed by atoms with E-state index in [-0.39, 0.29) is 13.2 Å². The van der Waals surface area contributed by atoms with Gasteiger partial charge >= 0.3 is 23.9 Å². The summed E-state index contributed by atoms with van der Waals surface area (Å²) in [5.41, 5.74) is -1.96. The van der Waals surface area contributed by atoms with Gasteiger partial charge in [-0.3, -0.25) is 28.3 Å². The SMILES string of the molecule is CCCCCCCCOC(=O)CC(C(=O)OCCCCCCCC)S(=O)(=O)O.O=C(O)C(C(C(=O)O)(C1CCCCC1)C1CCCCC1)S(=O)(=O)O. The average molecular weight is 785 g/mol. The summed E-state index contributed by atoms with van der Waals surface area (Å²) in [5.74, 6) is -6.19. The molecule has 0 spiro atoms. The quantitative estimate of drug-likeness (QED) is 0.0438. The van der Waals surface area contributed by atoms with Gasteiger partial charge in [-0.1, -0.05) is 117 Å². The molecule has 2 aliphatic rings. The van der Waals surface area contributed by atoms with E-state index >= 15 is 0 Å². The number of carbonyl (C=O) groups excluding carboxylic acids is 2. The maximum atomic E-state index is 12.4. The number of carboxylic acid groups (broad SMARTS) is 2. The van der Waals surface area contributed by atoms with Gasteiger partial charge in [0.25, 0.3) is 20.2 Å². The summed E-state index contributed by atoms with van der Waals surface area (Å²) in [6.07, 6.45) is 18.2. The fourth-order valence-corrected chi connectivity index (χ4v) is 9.59. The highest BCUT2D eigenvalue weighted by Crippen LogP contribution is 2.53. The van der Waals surface area contributed by atoms with Gasteiger partial charge in [-0.25, -0.2) is 0 Å². The van der Waals surface area contributed by atoms with E-state index in [1.165, 1.54) is 6.42 Å². The third-order valence-corrected chi connectivity index (χ3v) is 12.6. The van der Waals surface area contributed by atoms with Crippen LogP contribution >= 0.6 is 0 Å². The number of carboxylic acids is 2. The molecule has 2 atom stereocenters. The molecule has 2 rings (SSSR count). The molecule has 0 aliphatic heterocycles. The highest BCUT2D eigenvalue weighted by molar-refractivity contribution is 7.87. The summed E-state index contributed by atoms with van der Waals surface area (Å²) < 4.78 is 75.5. The highest BCUT2D eigenvalue weighted by atomic mass is 32.2. The van der Waals surface area contributed by atoms with Crippen molar-refractivity contribution in [1.82, 2.24) is 0 Å². The van der Waals surface area contributed by atoms with Crippen LogP contribution in [0.1, 0.15) is 162 Å². The number of hydrogen-bond acceptors (Lipinski definition) is 10. The number of esters is 2.